The summed E-state index contributed by atoms with van der Waals surface area (Å²) in [6, 6.07) is 20.6. The number of nitrogens with zero attached hydrogens (tertiary/aromatic N) is 6. The molecule has 362 valence electrons. The maximum absolute atomic E-state index is 14.4. The monoisotopic (exact) mass is 975 g/mol. The number of nitro benzene ring substituents is 1. The number of anilines is 2. The van der Waals surface area contributed by atoms with Crippen molar-refractivity contribution in [1.29, 1.82) is 0 Å². The van der Waals surface area contributed by atoms with Gasteiger partial charge in [0, 0.05) is 81.3 Å². The highest BCUT2D eigenvalue weighted by atomic mass is 35.5. The molecule has 3 aromatic heterocycles. The van der Waals surface area contributed by atoms with Crippen molar-refractivity contribution in [3.05, 3.63) is 121 Å². The number of hydrogen-bond donors (Lipinski definition) is 3. The van der Waals surface area contributed by atoms with E-state index in [1.54, 1.807) is 36.1 Å². The van der Waals surface area contributed by atoms with Crippen molar-refractivity contribution in [3.63, 3.8) is 0 Å². The van der Waals surface area contributed by atoms with Gasteiger partial charge in [-0.15, -0.1) is 0 Å². The molecule has 18 heteroatoms. The van der Waals surface area contributed by atoms with Crippen LogP contribution in [0.5, 0.6) is 0 Å². The summed E-state index contributed by atoms with van der Waals surface area (Å²) in [5.41, 5.74) is 5.74. The number of sulfonamides is 1. The lowest BCUT2D eigenvalue weighted by Gasteiger charge is -2.39. The highest BCUT2D eigenvalue weighted by molar-refractivity contribution is 7.90. The number of rotatable bonds is 12. The SMILES string of the molecule is Cn1c(=O)c2nc3[nH]ccc3cc2n1-c1cc(N2CCN(CC3=C(c4ccc(Cl)cc4)CC(C)(C)CC3)CC2)ccc1C(=O)NS(=O)(=O)c1ccc(NCC2CCC3(CCCO3)CC2)c([N+](=O)[O-])c1. The molecule has 0 unspecified atom stereocenters. The number of aromatic nitrogens is 4. The highest BCUT2D eigenvalue weighted by Gasteiger charge is 2.39. The predicted molar refractivity (Wildman–Crippen MR) is 269 cm³/mol. The number of hydrogen-bond acceptors (Lipinski definition) is 11. The van der Waals surface area contributed by atoms with Crippen molar-refractivity contribution < 1.29 is 22.9 Å². The Morgan fingerprint density at radius 2 is 1.75 bits per heavy atom. The molecule has 6 aromatic rings. The third-order valence-corrected chi connectivity index (χ3v) is 16.6. The van der Waals surface area contributed by atoms with Crippen molar-refractivity contribution in [2.75, 3.05) is 56.1 Å². The third-order valence-electron chi connectivity index (χ3n) is 15.0. The molecule has 10 rings (SSSR count). The Morgan fingerprint density at radius 1 is 0.986 bits per heavy atom. The Balaban J connectivity index is 0.913. The number of carbonyl (C=O) groups excluding carboxylic acids is 1. The van der Waals surface area contributed by atoms with Gasteiger partial charge in [-0.2, -0.15) is 0 Å². The van der Waals surface area contributed by atoms with Gasteiger partial charge in [-0.3, -0.25) is 24.6 Å². The summed E-state index contributed by atoms with van der Waals surface area (Å²) in [6.07, 6.45) is 10.8. The summed E-state index contributed by atoms with van der Waals surface area (Å²) < 4.78 is 39.2. The van der Waals surface area contributed by atoms with Gasteiger partial charge in [0.1, 0.15) is 11.3 Å². The first-order valence-electron chi connectivity index (χ1n) is 23.9. The Kier molecular flexibility index (Phi) is 12.4. The molecule has 1 amide bonds. The van der Waals surface area contributed by atoms with E-state index < -0.39 is 37.0 Å². The van der Waals surface area contributed by atoms with Gasteiger partial charge in [-0.25, -0.2) is 27.5 Å². The molecule has 3 fully saturated rings. The van der Waals surface area contributed by atoms with Crippen LogP contribution in [0.15, 0.2) is 94.3 Å². The molecule has 69 heavy (non-hydrogen) atoms. The first kappa shape index (κ1) is 46.7. The topological polar surface area (TPSA) is 190 Å². The van der Waals surface area contributed by atoms with Gasteiger partial charge < -0.3 is 19.9 Å². The Bertz CT molecular complexity index is 3170. The molecule has 0 radical (unpaired) electrons. The number of amides is 1. The molecule has 5 heterocycles. The molecule has 2 saturated heterocycles. The van der Waals surface area contributed by atoms with E-state index in [0.29, 0.717) is 36.7 Å². The van der Waals surface area contributed by atoms with E-state index in [0.717, 1.165) is 106 Å². The normalized spacial score (nSPS) is 21.1. The van der Waals surface area contributed by atoms with Gasteiger partial charge in [0.05, 0.1) is 32.2 Å². The molecule has 1 spiro atoms. The molecule has 0 bridgehead atoms. The van der Waals surface area contributed by atoms with Gasteiger partial charge in [-0.05, 0) is 135 Å². The molecule has 16 nitrogen and oxygen atoms in total. The van der Waals surface area contributed by atoms with E-state index in [1.165, 1.54) is 33.5 Å². The Morgan fingerprint density at radius 3 is 2.48 bits per heavy atom. The standard InChI is InChI=1S/C51H58ClN9O7S/c1-50(2)18-15-36(41(30-50)34-5-7-37(52)8-6-34)32-58-22-24-59(25-23-58)38-9-11-40(43(28-38)60-45-27-35-16-21-53-47(35)55-46(45)49(63)57(60)3)48(62)56-69(66,67)39-10-12-42(44(29-39)61(64)65)54-31-33-13-19-51(20-14-33)17-4-26-68-51/h5-12,16,21,27-29,33,54H,4,13-15,17-20,22-26,30-32H2,1-3H3,(H,53,55)(H,56,62). The minimum absolute atomic E-state index is 0.0313. The summed E-state index contributed by atoms with van der Waals surface area (Å²) in [4.78, 5) is 51.9. The van der Waals surface area contributed by atoms with E-state index in [2.05, 4.69) is 55.8 Å². The number of nitro groups is 1. The third kappa shape index (κ3) is 9.41. The number of nitrogens with one attached hydrogen (secondary N) is 3. The fourth-order valence-electron chi connectivity index (χ4n) is 11.0. The zero-order valence-corrected chi connectivity index (χ0v) is 40.8. The van der Waals surface area contributed by atoms with Crippen LogP contribution in [-0.4, -0.2) is 95.0 Å². The summed E-state index contributed by atoms with van der Waals surface area (Å²) in [5.74, 6) is -0.682. The number of ether oxygens (including phenoxy) is 1. The van der Waals surface area contributed by atoms with E-state index >= 15 is 0 Å². The predicted octanol–water partition coefficient (Wildman–Crippen LogP) is 8.82. The van der Waals surface area contributed by atoms with Crippen molar-refractivity contribution in [2.45, 2.75) is 82.1 Å². The molecule has 2 aliphatic heterocycles. The second-order valence-electron chi connectivity index (χ2n) is 20.1. The van der Waals surface area contributed by atoms with Gasteiger partial charge in [-0.1, -0.05) is 43.2 Å². The number of pyridine rings is 1. The molecule has 1 saturated carbocycles. The smallest absolute Gasteiger partial charge is 0.293 e. The zero-order chi connectivity index (χ0) is 48.2. The van der Waals surface area contributed by atoms with E-state index in [4.69, 9.17) is 16.3 Å². The van der Waals surface area contributed by atoms with Gasteiger partial charge in [0.15, 0.2) is 5.52 Å². The second kappa shape index (κ2) is 18.4. The number of H-pyrrole nitrogens is 1. The largest absolute Gasteiger partial charge is 0.379 e. The van der Waals surface area contributed by atoms with Crippen LogP contribution < -0.4 is 20.5 Å². The fourth-order valence-corrected chi connectivity index (χ4v) is 12.1. The van der Waals surface area contributed by atoms with Gasteiger partial charge in [0.25, 0.3) is 27.2 Å². The van der Waals surface area contributed by atoms with E-state index in [-0.39, 0.29) is 33.5 Å². The average Bonchev–Trinajstić information content (AvgIpc) is 4.06. The number of fused-ring (bicyclic) bond motifs is 2. The van der Waals surface area contributed by atoms with Crippen molar-refractivity contribution in [2.24, 2.45) is 18.4 Å². The van der Waals surface area contributed by atoms with Crippen molar-refractivity contribution in [1.82, 2.24) is 29.0 Å². The lowest BCUT2D eigenvalue weighted by molar-refractivity contribution is -0.384. The number of aromatic amines is 1. The van der Waals surface area contributed by atoms with Crippen LogP contribution in [0.4, 0.5) is 17.1 Å². The molecule has 4 aliphatic rings. The average molecular weight is 977 g/mol. The van der Waals surface area contributed by atoms with Gasteiger partial charge in [0.2, 0.25) is 0 Å². The summed E-state index contributed by atoms with van der Waals surface area (Å²) in [7, 11) is -3.07. The molecular formula is C51H58ClN9O7S. The van der Waals surface area contributed by atoms with E-state index in [1.807, 2.05) is 24.3 Å². The number of halogens is 1. The fraction of sp³-hybridized carbons (Fsp3) is 0.431. The molecule has 3 N–H and O–H groups in total. The van der Waals surface area contributed by atoms with Crippen LogP contribution in [0.2, 0.25) is 5.02 Å². The minimum atomic E-state index is -4.64. The lowest BCUT2D eigenvalue weighted by Crippen LogP contribution is -2.47. The summed E-state index contributed by atoms with van der Waals surface area (Å²) in [6.45, 7) is 9.75. The molecule has 0 atom stereocenters. The zero-order valence-electron chi connectivity index (χ0n) is 39.2. The summed E-state index contributed by atoms with van der Waals surface area (Å²) >= 11 is 6.27. The molecule has 3 aromatic carbocycles. The maximum atomic E-state index is 14.4. The number of carbonyl (C=O) groups is 1. The van der Waals surface area contributed by atoms with Crippen LogP contribution in [0.1, 0.15) is 87.6 Å². The van der Waals surface area contributed by atoms with Crippen LogP contribution in [0.25, 0.3) is 33.3 Å². The number of allylic oxidation sites excluding steroid dienone is 1. The summed E-state index contributed by atoms with van der Waals surface area (Å²) in [5, 5.41) is 17.0. The van der Waals surface area contributed by atoms with Gasteiger partial charge >= 0.3 is 0 Å². The quantitative estimate of drug-likeness (QED) is 0.0785. The maximum Gasteiger partial charge on any atom is 0.293 e. The minimum Gasteiger partial charge on any atom is -0.379 e. The second-order valence-corrected chi connectivity index (χ2v) is 22.3. The van der Waals surface area contributed by atoms with Crippen LogP contribution in [-0.2, 0) is 21.8 Å². The van der Waals surface area contributed by atoms with Crippen LogP contribution >= 0.6 is 11.6 Å². The van der Waals surface area contributed by atoms with Crippen molar-refractivity contribution >= 4 is 72.2 Å². The Labute approximate surface area is 405 Å². The Hall–Kier alpha value is -6.01. The molecule has 2 aliphatic carbocycles. The van der Waals surface area contributed by atoms with Crippen LogP contribution in [0, 0.1) is 21.4 Å². The first-order chi connectivity index (χ1) is 33.1. The van der Waals surface area contributed by atoms with Crippen molar-refractivity contribution in [3.8, 4) is 5.69 Å². The number of benzene rings is 3. The number of piperazine rings is 1. The molecular weight excluding hydrogens is 918 g/mol. The van der Waals surface area contributed by atoms with Crippen LogP contribution in [0.3, 0.4) is 0 Å². The highest BCUT2D eigenvalue weighted by Crippen LogP contribution is 2.44. The first-order valence-corrected chi connectivity index (χ1v) is 25.8. The van der Waals surface area contributed by atoms with E-state index in [9.17, 15) is 28.1 Å². The lowest BCUT2D eigenvalue weighted by atomic mass is 9.72.